The van der Waals surface area contributed by atoms with Gasteiger partial charge in [0.1, 0.15) is 18.3 Å². The molecule has 5 N–H and O–H groups in total. The van der Waals surface area contributed by atoms with Crippen molar-refractivity contribution >= 4 is 20.6 Å². The highest BCUT2D eigenvalue weighted by atomic mass is 79.9. The number of rotatable bonds is 5. The monoisotopic (exact) mass is 258 g/mol. The number of carbonyl (C=O) groups is 1. The summed E-state index contributed by atoms with van der Waals surface area (Å²) in [4.78, 5) is 10.5. The van der Waals surface area contributed by atoms with Crippen molar-refractivity contribution in [3.8, 4) is 0 Å². The number of hydrogen-bond acceptors (Lipinski definition) is 6. The van der Waals surface area contributed by atoms with Crippen LogP contribution in [0.3, 0.4) is 0 Å². The summed E-state index contributed by atoms with van der Waals surface area (Å²) in [5.41, 5.74) is 0. The molecule has 13 heavy (non-hydrogen) atoms. The Balaban J connectivity index is 4.24. The Morgan fingerprint density at radius 2 is 1.62 bits per heavy atom. The van der Waals surface area contributed by atoms with Gasteiger partial charge in [-0.2, -0.15) is 0 Å². The molecule has 0 rings (SSSR count). The number of aliphatic hydroxyl groups excluding tert-OH is 5. The van der Waals surface area contributed by atoms with Gasteiger partial charge in [-0.3, -0.25) is 4.79 Å². The molecule has 0 aromatic rings. The highest BCUT2D eigenvalue weighted by Gasteiger charge is 2.32. The first kappa shape index (κ1) is 12.9. The lowest BCUT2D eigenvalue weighted by atomic mass is 10.0. The van der Waals surface area contributed by atoms with E-state index in [4.69, 9.17) is 25.5 Å². The van der Waals surface area contributed by atoms with Gasteiger partial charge >= 0.3 is 0 Å². The molecule has 0 aliphatic carbocycles. The van der Waals surface area contributed by atoms with Crippen molar-refractivity contribution in [1.82, 2.24) is 0 Å². The molecule has 0 aliphatic rings. The van der Waals surface area contributed by atoms with Crippen molar-refractivity contribution in [3.05, 3.63) is 0 Å². The molecule has 0 saturated heterocycles. The molecule has 0 aromatic heterocycles. The van der Waals surface area contributed by atoms with Crippen LogP contribution in [0, 0.1) is 0 Å². The van der Waals surface area contributed by atoms with Crippen molar-refractivity contribution in [1.29, 1.82) is 0 Å². The molecule has 0 spiro atoms. The van der Waals surface area contributed by atoms with Crippen molar-refractivity contribution < 1.29 is 30.3 Å². The fourth-order valence-electron chi connectivity index (χ4n) is 0.657. The number of hydrogen-bond donors (Lipinski definition) is 5. The Morgan fingerprint density at radius 1 is 1.15 bits per heavy atom. The lowest BCUT2D eigenvalue weighted by molar-refractivity contribution is -0.138. The molecule has 0 aliphatic heterocycles. The van der Waals surface area contributed by atoms with Crippen LogP contribution in [0.15, 0.2) is 0 Å². The van der Waals surface area contributed by atoms with Crippen LogP contribution in [0.1, 0.15) is 0 Å². The zero-order chi connectivity index (χ0) is 10.6. The lowest BCUT2D eigenvalue weighted by Gasteiger charge is -2.23. The summed E-state index contributed by atoms with van der Waals surface area (Å²) in [5, 5.41) is 44.2. The van der Waals surface area contributed by atoms with Crippen LogP contribution in [-0.2, 0) is 4.79 Å². The van der Waals surface area contributed by atoms with E-state index in [0.29, 0.717) is 0 Å². The second kappa shape index (κ2) is 5.63. The largest absolute Gasteiger partial charge is 0.394 e. The number of halogens is 1. The molecular formula is C6H11BrO6. The van der Waals surface area contributed by atoms with Crippen LogP contribution in [-0.4, -0.2) is 61.2 Å². The molecular weight excluding hydrogens is 248 g/mol. The van der Waals surface area contributed by atoms with Gasteiger partial charge in [0.2, 0.25) is 4.69 Å². The molecule has 0 amide bonds. The maximum atomic E-state index is 10.5. The van der Waals surface area contributed by atoms with Crippen molar-refractivity contribution in [2.45, 2.75) is 24.4 Å². The predicted molar refractivity (Wildman–Crippen MR) is 45.0 cm³/mol. The molecule has 78 valence electrons. The molecule has 0 radical (unpaired) electrons. The first-order chi connectivity index (χ1) is 5.91. The first-order valence-electron chi connectivity index (χ1n) is 3.44. The molecule has 0 aromatic carbocycles. The van der Waals surface area contributed by atoms with Gasteiger partial charge in [0.15, 0.2) is 6.10 Å². The van der Waals surface area contributed by atoms with Gasteiger partial charge in [-0.25, -0.2) is 0 Å². The maximum absolute atomic E-state index is 10.5. The standard InChI is InChI=1S/C6H11BrO6/c7-6(13)5(12)4(11)3(10)2(9)1-8/h2-5,8-12H,1H2/t2-,3-,4-,5-/m1/s1. The third-order valence-electron chi connectivity index (χ3n) is 1.49. The van der Waals surface area contributed by atoms with Gasteiger partial charge in [-0.05, 0) is 15.9 Å². The zero-order valence-electron chi connectivity index (χ0n) is 6.54. The summed E-state index contributed by atoms with van der Waals surface area (Å²) in [5.74, 6) is 0. The summed E-state index contributed by atoms with van der Waals surface area (Å²) in [6.45, 7) is -0.776. The van der Waals surface area contributed by atoms with Gasteiger partial charge < -0.3 is 25.5 Å². The maximum Gasteiger partial charge on any atom is 0.228 e. The van der Waals surface area contributed by atoms with E-state index in [1.807, 2.05) is 0 Å². The minimum atomic E-state index is -1.84. The van der Waals surface area contributed by atoms with Crippen LogP contribution in [0.4, 0.5) is 0 Å². The molecule has 4 atom stereocenters. The van der Waals surface area contributed by atoms with Crippen LogP contribution in [0.5, 0.6) is 0 Å². The molecule has 0 fully saturated rings. The first-order valence-corrected chi connectivity index (χ1v) is 4.23. The third kappa shape index (κ3) is 3.67. The molecule has 0 bridgehead atoms. The fraction of sp³-hybridized carbons (Fsp3) is 0.833. The average molecular weight is 259 g/mol. The van der Waals surface area contributed by atoms with Gasteiger partial charge in [0.25, 0.3) is 0 Å². The summed E-state index contributed by atoms with van der Waals surface area (Å²) >= 11 is 2.38. The zero-order valence-corrected chi connectivity index (χ0v) is 8.12. The van der Waals surface area contributed by atoms with Crippen molar-refractivity contribution in [2.75, 3.05) is 6.61 Å². The summed E-state index contributed by atoms with van der Waals surface area (Å²) in [7, 11) is 0. The normalized spacial score (nSPS) is 20.5. The fourth-order valence-corrected chi connectivity index (χ4v) is 0.927. The van der Waals surface area contributed by atoms with E-state index < -0.39 is 35.7 Å². The highest BCUT2D eigenvalue weighted by molar-refractivity contribution is 9.18. The van der Waals surface area contributed by atoms with E-state index in [1.165, 1.54) is 0 Å². The van der Waals surface area contributed by atoms with Crippen LogP contribution in [0.2, 0.25) is 0 Å². The summed E-state index contributed by atoms with van der Waals surface area (Å²) in [6, 6.07) is 0. The van der Waals surface area contributed by atoms with Crippen LogP contribution >= 0.6 is 15.9 Å². The van der Waals surface area contributed by atoms with Gasteiger partial charge in [-0.15, -0.1) is 0 Å². The number of carbonyl (C=O) groups excluding carboxylic acids is 1. The molecule has 6 nitrogen and oxygen atoms in total. The molecule has 7 heteroatoms. The molecule has 0 saturated carbocycles. The van der Waals surface area contributed by atoms with Crippen LogP contribution < -0.4 is 0 Å². The average Bonchev–Trinajstić information content (AvgIpc) is 2.12. The van der Waals surface area contributed by atoms with E-state index >= 15 is 0 Å². The van der Waals surface area contributed by atoms with Gasteiger partial charge in [-0.1, -0.05) is 0 Å². The van der Waals surface area contributed by atoms with Crippen molar-refractivity contribution in [3.63, 3.8) is 0 Å². The Labute approximate surface area is 82.6 Å². The smallest absolute Gasteiger partial charge is 0.228 e. The number of aliphatic hydroxyl groups is 5. The van der Waals surface area contributed by atoms with E-state index in [9.17, 15) is 4.79 Å². The second-order valence-corrected chi connectivity index (χ2v) is 3.26. The second-order valence-electron chi connectivity index (χ2n) is 2.48. The summed E-state index contributed by atoms with van der Waals surface area (Å²) in [6.07, 6.45) is -7.05. The van der Waals surface area contributed by atoms with Gasteiger partial charge in [0.05, 0.1) is 6.61 Å². The van der Waals surface area contributed by atoms with Crippen LogP contribution in [0.25, 0.3) is 0 Å². The molecule has 0 heterocycles. The Kier molecular flexibility index (Phi) is 5.61. The van der Waals surface area contributed by atoms with Crippen molar-refractivity contribution in [2.24, 2.45) is 0 Å². The topological polar surface area (TPSA) is 118 Å². The minimum absolute atomic E-state index is 0.776. The van der Waals surface area contributed by atoms with E-state index in [0.717, 1.165) is 0 Å². The van der Waals surface area contributed by atoms with E-state index in [2.05, 4.69) is 15.9 Å². The SMILES string of the molecule is O=C(Br)[C@H](O)[C@H](O)[C@H](O)[C@H](O)CO. The Morgan fingerprint density at radius 3 is 1.92 bits per heavy atom. The predicted octanol–water partition coefficient (Wildman–Crippen LogP) is -2.66. The third-order valence-corrected chi connectivity index (χ3v) is 1.96. The minimum Gasteiger partial charge on any atom is -0.394 e. The Hall–Kier alpha value is -0.0500. The van der Waals surface area contributed by atoms with Gasteiger partial charge in [0, 0.05) is 0 Å². The summed E-state index contributed by atoms with van der Waals surface area (Å²) < 4.78 is -0.913. The van der Waals surface area contributed by atoms with E-state index in [-0.39, 0.29) is 0 Å². The van der Waals surface area contributed by atoms with E-state index in [1.54, 1.807) is 0 Å². The quantitative estimate of drug-likeness (QED) is 0.344. The lowest BCUT2D eigenvalue weighted by Crippen LogP contribution is -2.47. The highest BCUT2D eigenvalue weighted by Crippen LogP contribution is 2.07. The Bertz CT molecular complexity index is 175. The molecule has 0 unspecified atom stereocenters.